The smallest absolute Gasteiger partial charge is 0.277 e. The summed E-state index contributed by atoms with van der Waals surface area (Å²) in [5.74, 6) is 0.363. The number of hydrogen-bond donors (Lipinski definition) is 1. The van der Waals surface area contributed by atoms with E-state index >= 15 is 0 Å². The van der Waals surface area contributed by atoms with Crippen LogP contribution in [-0.4, -0.2) is 38.7 Å². The van der Waals surface area contributed by atoms with Crippen LogP contribution in [0.5, 0.6) is 0 Å². The molecule has 0 radical (unpaired) electrons. The van der Waals surface area contributed by atoms with Gasteiger partial charge in [0.1, 0.15) is 0 Å². The lowest BCUT2D eigenvalue weighted by molar-refractivity contribution is -0.128. The van der Waals surface area contributed by atoms with E-state index < -0.39 is 5.25 Å². The van der Waals surface area contributed by atoms with E-state index in [-0.39, 0.29) is 17.9 Å². The second-order valence-electron chi connectivity index (χ2n) is 7.40. The molecule has 2 heterocycles. The number of thioether (sulfide) groups is 1. The second kappa shape index (κ2) is 9.78. The molecule has 3 aromatic rings. The summed E-state index contributed by atoms with van der Waals surface area (Å²) < 4.78 is 5.66. The monoisotopic (exact) mass is 436 g/mol. The fourth-order valence-electron chi connectivity index (χ4n) is 3.50. The average molecular weight is 437 g/mol. The van der Waals surface area contributed by atoms with Crippen LogP contribution in [0.1, 0.15) is 42.8 Å². The Bertz CT molecular complexity index is 986. The summed E-state index contributed by atoms with van der Waals surface area (Å²) in [6.45, 7) is 2.83. The number of rotatable bonds is 8. The van der Waals surface area contributed by atoms with Gasteiger partial charge in [0, 0.05) is 13.0 Å². The Labute approximate surface area is 185 Å². The quantitative estimate of drug-likeness (QED) is 0.543. The van der Waals surface area contributed by atoms with Crippen molar-refractivity contribution in [3.05, 3.63) is 77.7 Å². The van der Waals surface area contributed by atoms with Crippen LogP contribution in [0, 0.1) is 0 Å². The molecule has 1 atom stereocenters. The Hall–Kier alpha value is -3.13. The number of likely N-dealkylation sites (tertiary alicyclic amines) is 1. The molecule has 2 amide bonds. The van der Waals surface area contributed by atoms with Crippen molar-refractivity contribution in [3.8, 4) is 0 Å². The maximum atomic E-state index is 13.0. The van der Waals surface area contributed by atoms with Gasteiger partial charge >= 0.3 is 0 Å². The summed E-state index contributed by atoms with van der Waals surface area (Å²) in [7, 11) is 0. The lowest BCUT2D eigenvalue weighted by Gasteiger charge is -2.21. The molecule has 0 saturated carbocycles. The minimum Gasteiger partial charge on any atom is -0.414 e. The van der Waals surface area contributed by atoms with Crippen molar-refractivity contribution in [1.82, 2.24) is 20.4 Å². The lowest BCUT2D eigenvalue weighted by Crippen LogP contribution is -2.34. The zero-order valence-corrected chi connectivity index (χ0v) is 18.0. The van der Waals surface area contributed by atoms with E-state index in [9.17, 15) is 9.59 Å². The Morgan fingerprint density at radius 3 is 2.32 bits per heavy atom. The zero-order valence-electron chi connectivity index (χ0n) is 17.2. The van der Waals surface area contributed by atoms with E-state index in [4.69, 9.17) is 4.42 Å². The molecule has 1 saturated heterocycles. The largest absolute Gasteiger partial charge is 0.414 e. The van der Waals surface area contributed by atoms with Crippen LogP contribution in [0.4, 0.5) is 0 Å². The fourth-order valence-corrected chi connectivity index (χ4v) is 4.21. The molecule has 0 aliphatic carbocycles. The van der Waals surface area contributed by atoms with E-state index in [0.717, 1.165) is 17.5 Å². The molecule has 0 bridgehead atoms. The summed E-state index contributed by atoms with van der Waals surface area (Å²) in [6.07, 6.45) is 1.42. The van der Waals surface area contributed by atoms with E-state index in [0.29, 0.717) is 30.6 Å². The number of nitrogens with zero attached hydrogens (tertiary/aromatic N) is 3. The van der Waals surface area contributed by atoms with Crippen LogP contribution in [0.3, 0.4) is 0 Å². The van der Waals surface area contributed by atoms with Crippen molar-refractivity contribution >= 4 is 23.6 Å². The Kier molecular flexibility index (Phi) is 6.66. The minimum absolute atomic E-state index is 0.105. The number of amides is 2. The molecular weight excluding hydrogens is 412 g/mol. The van der Waals surface area contributed by atoms with Crippen LogP contribution in [0.25, 0.3) is 0 Å². The van der Waals surface area contributed by atoms with Gasteiger partial charge in [-0.3, -0.25) is 9.59 Å². The van der Waals surface area contributed by atoms with Crippen LogP contribution in [0.15, 0.2) is 70.3 Å². The van der Waals surface area contributed by atoms with Crippen LogP contribution in [-0.2, 0) is 16.1 Å². The van der Waals surface area contributed by atoms with Crippen molar-refractivity contribution in [2.45, 2.75) is 42.8 Å². The zero-order chi connectivity index (χ0) is 21.6. The number of nitrogens with one attached hydrogen (secondary N) is 1. The molecule has 1 aliphatic rings. The number of carbonyl (C=O) groups excluding carboxylic acids is 2. The normalized spacial score (nSPS) is 14.8. The standard InChI is InChI=1S/C23H24N4O3S/c1-16(31-23-26-25-19(30-23)15-27-14-8-13-20(27)28)22(29)24-21(17-9-4-2-5-10-17)18-11-6-3-7-12-18/h2-7,9-12,16,21H,8,13-15H2,1H3,(H,24,29). The highest BCUT2D eigenvalue weighted by atomic mass is 32.2. The summed E-state index contributed by atoms with van der Waals surface area (Å²) in [4.78, 5) is 26.4. The SMILES string of the molecule is CC(Sc1nnc(CN2CCCC2=O)o1)C(=O)NC(c1ccccc1)c1ccccc1. The van der Waals surface area contributed by atoms with Crippen LogP contribution in [0.2, 0.25) is 0 Å². The number of hydrogen-bond acceptors (Lipinski definition) is 6. The van der Waals surface area contributed by atoms with Crippen LogP contribution < -0.4 is 5.32 Å². The maximum Gasteiger partial charge on any atom is 0.277 e. The molecule has 7 nitrogen and oxygen atoms in total. The van der Waals surface area contributed by atoms with Gasteiger partial charge in [-0.1, -0.05) is 72.4 Å². The Balaban J connectivity index is 1.41. The second-order valence-corrected chi connectivity index (χ2v) is 8.70. The third-order valence-corrected chi connectivity index (χ3v) is 6.08. The van der Waals surface area contributed by atoms with Gasteiger partial charge in [0.05, 0.1) is 17.8 Å². The molecule has 1 unspecified atom stereocenters. The highest BCUT2D eigenvalue weighted by Gasteiger charge is 2.25. The van der Waals surface area contributed by atoms with Crippen molar-refractivity contribution in [1.29, 1.82) is 0 Å². The predicted octanol–water partition coefficient (Wildman–Crippen LogP) is 3.58. The van der Waals surface area contributed by atoms with Gasteiger partial charge in [-0.15, -0.1) is 10.2 Å². The number of aromatic nitrogens is 2. The molecule has 4 rings (SSSR count). The fraction of sp³-hybridized carbons (Fsp3) is 0.304. The van der Waals surface area contributed by atoms with Gasteiger partial charge < -0.3 is 14.6 Å². The molecule has 1 N–H and O–H groups in total. The first-order valence-electron chi connectivity index (χ1n) is 10.3. The summed E-state index contributed by atoms with van der Waals surface area (Å²) in [5, 5.41) is 11.1. The van der Waals surface area contributed by atoms with E-state index in [2.05, 4.69) is 15.5 Å². The summed E-state index contributed by atoms with van der Waals surface area (Å²) >= 11 is 1.21. The predicted molar refractivity (Wildman–Crippen MR) is 117 cm³/mol. The molecule has 1 aromatic heterocycles. The van der Waals surface area contributed by atoms with Crippen molar-refractivity contribution in [2.24, 2.45) is 0 Å². The first-order chi connectivity index (χ1) is 15.1. The first kappa shape index (κ1) is 21.1. The van der Waals surface area contributed by atoms with E-state index in [1.165, 1.54) is 11.8 Å². The highest BCUT2D eigenvalue weighted by molar-refractivity contribution is 8.00. The molecule has 1 aliphatic heterocycles. The lowest BCUT2D eigenvalue weighted by atomic mass is 9.98. The van der Waals surface area contributed by atoms with Gasteiger partial charge in [-0.2, -0.15) is 0 Å². The van der Waals surface area contributed by atoms with Crippen molar-refractivity contribution in [3.63, 3.8) is 0 Å². The molecule has 0 spiro atoms. The highest BCUT2D eigenvalue weighted by Crippen LogP contribution is 2.26. The average Bonchev–Trinajstić information content (AvgIpc) is 3.41. The van der Waals surface area contributed by atoms with Gasteiger partial charge in [-0.25, -0.2) is 0 Å². The van der Waals surface area contributed by atoms with E-state index in [1.54, 1.807) is 11.8 Å². The molecule has 1 fully saturated rings. The molecule has 160 valence electrons. The maximum absolute atomic E-state index is 13.0. The molecule has 8 heteroatoms. The molecular formula is C23H24N4O3S. The van der Waals surface area contributed by atoms with Gasteiger partial charge in [-0.05, 0) is 24.5 Å². The topological polar surface area (TPSA) is 88.3 Å². The number of carbonyl (C=O) groups is 2. The summed E-state index contributed by atoms with van der Waals surface area (Å²) in [5.41, 5.74) is 2.02. The molecule has 31 heavy (non-hydrogen) atoms. The van der Waals surface area contributed by atoms with E-state index in [1.807, 2.05) is 60.7 Å². The summed E-state index contributed by atoms with van der Waals surface area (Å²) in [6, 6.07) is 19.5. The van der Waals surface area contributed by atoms with Gasteiger partial charge in [0.15, 0.2) is 0 Å². The molecule has 2 aromatic carbocycles. The minimum atomic E-state index is -0.434. The van der Waals surface area contributed by atoms with Gasteiger partial charge in [0.25, 0.3) is 5.22 Å². The Morgan fingerprint density at radius 1 is 1.10 bits per heavy atom. The third kappa shape index (κ3) is 5.32. The van der Waals surface area contributed by atoms with Crippen molar-refractivity contribution < 1.29 is 14.0 Å². The van der Waals surface area contributed by atoms with Crippen LogP contribution >= 0.6 is 11.8 Å². The Morgan fingerprint density at radius 2 is 1.74 bits per heavy atom. The third-order valence-electron chi connectivity index (χ3n) is 5.15. The van der Waals surface area contributed by atoms with Gasteiger partial charge in [0.2, 0.25) is 17.7 Å². The van der Waals surface area contributed by atoms with Crippen molar-refractivity contribution in [2.75, 3.05) is 6.54 Å². The first-order valence-corrected chi connectivity index (χ1v) is 11.1. The number of benzene rings is 2.